The molecule has 3 heterocycles. The minimum atomic E-state index is -0.431. The van der Waals surface area contributed by atoms with E-state index in [-0.39, 0.29) is 5.91 Å². The second-order valence-corrected chi connectivity index (χ2v) is 6.93. The molecule has 2 atom stereocenters. The minimum absolute atomic E-state index is 0.0382. The van der Waals surface area contributed by atoms with Crippen LogP contribution in [0.4, 0.5) is 5.82 Å². The maximum Gasteiger partial charge on any atom is 0.235 e. The van der Waals surface area contributed by atoms with E-state index in [2.05, 4.69) is 29.6 Å². The van der Waals surface area contributed by atoms with Crippen LogP contribution >= 0.6 is 0 Å². The zero-order chi connectivity index (χ0) is 15.6. The smallest absolute Gasteiger partial charge is 0.235 e. The number of anilines is 1. The van der Waals surface area contributed by atoms with Crippen LogP contribution in [-0.4, -0.2) is 42.0 Å². The van der Waals surface area contributed by atoms with Crippen molar-refractivity contribution in [3.05, 3.63) is 12.3 Å². The Balaban J connectivity index is 1.64. The normalized spacial score (nSPS) is 27.9. The van der Waals surface area contributed by atoms with Gasteiger partial charge in [-0.15, -0.1) is 0 Å². The van der Waals surface area contributed by atoms with Gasteiger partial charge in [0.1, 0.15) is 0 Å². The first kappa shape index (κ1) is 15.5. The van der Waals surface area contributed by atoms with Crippen LogP contribution < -0.4 is 10.6 Å². The molecule has 2 fully saturated rings. The molecule has 1 amide bonds. The van der Waals surface area contributed by atoms with Gasteiger partial charge in [0.25, 0.3) is 0 Å². The van der Waals surface area contributed by atoms with Crippen LogP contribution in [0.1, 0.15) is 26.7 Å². The zero-order valence-corrected chi connectivity index (χ0v) is 13.5. The van der Waals surface area contributed by atoms with Gasteiger partial charge in [0.15, 0.2) is 5.82 Å². The molecule has 0 bridgehead atoms. The Hall–Kier alpha value is -1.40. The largest absolute Gasteiger partial charge is 0.380 e. The van der Waals surface area contributed by atoms with E-state index in [9.17, 15) is 4.79 Å². The molecule has 0 aliphatic carbocycles. The Morgan fingerprint density at radius 3 is 3.32 bits per heavy atom. The lowest BCUT2D eigenvalue weighted by Crippen LogP contribution is -2.49. The molecular weight excluding hydrogens is 280 g/mol. The molecule has 0 radical (unpaired) electrons. The molecule has 22 heavy (non-hydrogen) atoms. The van der Waals surface area contributed by atoms with Crippen LogP contribution in [-0.2, 0) is 16.1 Å². The highest BCUT2D eigenvalue weighted by molar-refractivity contribution is 5.95. The summed E-state index contributed by atoms with van der Waals surface area (Å²) in [5.41, 5.74) is -0.431. The average Bonchev–Trinajstić information content (AvgIpc) is 3.11. The Kier molecular flexibility index (Phi) is 4.49. The second kappa shape index (κ2) is 6.38. The summed E-state index contributed by atoms with van der Waals surface area (Å²) in [5.74, 6) is 1.69. The van der Waals surface area contributed by atoms with Gasteiger partial charge in [-0.3, -0.25) is 9.48 Å². The molecule has 0 spiro atoms. The maximum atomic E-state index is 12.8. The van der Waals surface area contributed by atoms with Crippen molar-refractivity contribution in [1.82, 2.24) is 15.1 Å². The van der Waals surface area contributed by atoms with Gasteiger partial charge >= 0.3 is 0 Å². The maximum absolute atomic E-state index is 12.8. The molecule has 1 aromatic rings. The van der Waals surface area contributed by atoms with Gasteiger partial charge in [-0.2, -0.15) is 5.10 Å². The van der Waals surface area contributed by atoms with E-state index in [1.165, 1.54) is 0 Å². The molecule has 1 aromatic heterocycles. The van der Waals surface area contributed by atoms with Crippen LogP contribution in [0.25, 0.3) is 0 Å². The molecule has 3 rings (SSSR count). The first-order valence-electron chi connectivity index (χ1n) is 8.23. The van der Waals surface area contributed by atoms with Crippen molar-refractivity contribution in [1.29, 1.82) is 0 Å². The van der Waals surface area contributed by atoms with Crippen molar-refractivity contribution < 1.29 is 9.53 Å². The molecular formula is C16H26N4O2. The number of hydrogen-bond donors (Lipinski definition) is 2. The number of aryl methyl sites for hydroxylation is 1. The van der Waals surface area contributed by atoms with Crippen LogP contribution in [0.3, 0.4) is 0 Å². The number of carbonyl (C=O) groups excluding carboxylic acids is 1. The highest BCUT2D eigenvalue weighted by Crippen LogP contribution is 2.38. The van der Waals surface area contributed by atoms with Gasteiger partial charge in [-0.25, -0.2) is 0 Å². The van der Waals surface area contributed by atoms with Crippen molar-refractivity contribution in [3.63, 3.8) is 0 Å². The first-order valence-corrected chi connectivity index (χ1v) is 8.23. The topological polar surface area (TPSA) is 68.2 Å². The van der Waals surface area contributed by atoms with E-state index in [1.54, 1.807) is 0 Å². The van der Waals surface area contributed by atoms with Crippen LogP contribution in [0, 0.1) is 17.3 Å². The Morgan fingerprint density at radius 1 is 1.64 bits per heavy atom. The van der Waals surface area contributed by atoms with E-state index in [0.29, 0.717) is 30.8 Å². The average molecular weight is 306 g/mol. The van der Waals surface area contributed by atoms with Crippen molar-refractivity contribution in [2.24, 2.45) is 17.3 Å². The van der Waals surface area contributed by atoms with E-state index in [1.807, 2.05) is 16.9 Å². The Bertz CT molecular complexity index is 528. The molecule has 2 saturated heterocycles. The van der Waals surface area contributed by atoms with Crippen molar-refractivity contribution in [3.8, 4) is 0 Å². The summed E-state index contributed by atoms with van der Waals surface area (Å²) in [5, 5.41) is 10.8. The first-order chi connectivity index (χ1) is 10.6. The second-order valence-electron chi connectivity index (χ2n) is 6.93. The number of amides is 1. The third-order valence-electron chi connectivity index (χ3n) is 4.85. The van der Waals surface area contributed by atoms with Crippen LogP contribution in [0.15, 0.2) is 12.3 Å². The zero-order valence-electron chi connectivity index (χ0n) is 13.5. The highest BCUT2D eigenvalue weighted by atomic mass is 16.5. The van der Waals surface area contributed by atoms with Gasteiger partial charge in [-0.1, -0.05) is 13.8 Å². The third kappa shape index (κ3) is 3.03. The van der Waals surface area contributed by atoms with Gasteiger partial charge in [0.05, 0.1) is 12.0 Å². The summed E-state index contributed by atoms with van der Waals surface area (Å²) in [6.07, 6.45) is 3.96. The van der Waals surface area contributed by atoms with Gasteiger partial charge in [0, 0.05) is 32.0 Å². The number of nitrogens with one attached hydrogen (secondary N) is 2. The fraction of sp³-hybridized carbons (Fsp3) is 0.750. The fourth-order valence-corrected chi connectivity index (χ4v) is 3.35. The van der Waals surface area contributed by atoms with Crippen LogP contribution in [0.5, 0.6) is 0 Å². The molecule has 6 heteroatoms. The molecule has 0 unspecified atom stereocenters. The molecule has 6 nitrogen and oxygen atoms in total. The lowest BCUT2D eigenvalue weighted by Gasteiger charge is -2.36. The number of ether oxygens (including phenoxy) is 1. The Labute approximate surface area is 131 Å². The van der Waals surface area contributed by atoms with E-state index >= 15 is 0 Å². The van der Waals surface area contributed by atoms with Crippen molar-refractivity contribution in [2.45, 2.75) is 33.2 Å². The minimum Gasteiger partial charge on any atom is -0.380 e. The standard InChI is InChI=1S/C16H26N4O2/c1-12(2)3-6-20-7-4-14(19-20)18-15(21)16-10-17-9-13(16)5-8-22-11-16/h4,7,12-13,17H,3,5-6,8-11H2,1-2H3,(H,18,19,21)/t13-,16+/m1/s1. The third-order valence-corrected chi connectivity index (χ3v) is 4.85. The lowest BCUT2D eigenvalue weighted by molar-refractivity contribution is -0.135. The molecule has 2 N–H and O–H groups in total. The van der Waals surface area contributed by atoms with Crippen molar-refractivity contribution >= 4 is 11.7 Å². The van der Waals surface area contributed by atoms with E-state index < -0.39 is 5.41 Å². The van der Waals surface area contributed by atoms with E-state index in [4.69, 9.17) is 4.74 Å². The van der Waals surface area contributed by atoms with Crippen molar-refractivity contribution in [2.75, 3.05) is 31.6 Å². The number of fused-ring (bicyclic) bond motifs is 1. The molecule has 0 aromatic carbocycles. The summed E-state index contributed by atoms with van der Waals surface area (Å²) in [6.45, 7) is 8.13. The number of hydrogen-bond acceptors (Lipinski definition) is 4. The lowest BCUT2D eigenvalue weighted by atomic mass is 9.75. The van der Waals surface area contributed by atoms with Gasteiger partial charge < -0.3 is 15.4 Å². The van der Waals surface area contributed by atoms with Crippen LogP contribution in [0.2, 0.25) is 0 Å². The highest BCUT2D eigenvalue weighted by Gasteiger charge is 2.51. The number of nitrogens with zero attached hydrogens (tertiary/aromatic N) is 2. The molecule has 122 valence electrons. The predicted molar refractivity (Wildman–Crippen MR) is 84.5 cm³/mol. The molecule has 2 aliphatic heterocycles. The number of aromatic nitrogens is 2. The summed E-state index contributed by atoms with van der Waals surface area (Å²) >= 11 is 0. The Morgan fingerprint density at radius 2 is 2.50 bits per heavy atom. The summed E-state index contributed by atoms with van der Waals surface area (Å²) in [4.78, 5) is 12.8. The fourth-order valence-electron chi connectivity index (χ4n) is 3.35. The van der Waals surface area contributed by atoms with Gasteiger partial charge in [0.2, 0.25) is 5.91 Å². The predicted octanol–water partition coefficient (Wildman–Crippen LogP) is 1.49. The number of rotatable bonds is 5. The summed E-state index contributed by atoms with van der Waals surface area (Å²) < 4.78 is 7.49. The SMILES string of the molecule is CC(C)CCn1ccc(NC(=O)[C@]23CNC[C@H]2CCOC3)n1. The monoisotopic (exact) mass is 306 g/mol. The van der Waals surface area contributed by atoms with Gasteiger partial charge in [-0.05, 0) is 31.2 Å². The number of carbonyl (C=O) groups is 1. The molecule has 2 aliphatic rings. The molecule has 0 saturated carbocycles. The van der Waals surface area contributed by atoms with E-state index in [0.717, 1.165) is 32.5 Å². The summed E-state index contributed by atoms with van der Waals surface area (Å²) in [6, 6.07) is 1.87. The summed E-state index contributed by atoms with van der Waals surface area (Å²) in [7, 11) is 0. The quantitative estimate of drug-likeness (QED) is 0.865.